The molecular formula is C15H11ClN2S. The quantitative estimate of drug-likeness (QED) is 0.618. The minimum atomic E-state index is 0.756. The number of pyridine rings is 1. The lowest BCUT2D eigenvalue weighted by molar-refractivity contribution is 1.19. The molecule has 0 radical (unpaired) electrons. The lowest BCUT2D eigenvalue weighted by atomic mass is 10.3. The van der Waals surface area contributed by atoms with Crippen molar-refractivity contribution in [1.29, 1.82) is 0 Å². The van der Waals surface area contributed by atoms with E-state index in [9.17, 15) is 0 Å². The van der Waals surface area contributed by atoms with Crippen molar-refractivity contribution >= 4 is 28.6 Å². The predicted octanol–water partition coefficient (Wildman–Crippen LogP) is 4.01. The van der Waals surface area contributed by atoms with Gasteiger partial charge in [-0.2, -0.15) is 0 Å². The van der Waals surface area contributed by atoms with Gasteiger partial charge in [-0.3, -0.25) is 0 Å². The molecule has 19 heavy (non-hydrogen) atoms. The number of hydrogen-bond donors (Lipinski definition) is 0. The topological polar surface area (TPSA) is 17.3 Å². The molecule has 0 aliphatic carbocycles. The van der Waals surface area contributed by atoms with Gasteiger partial charge in [0, 0.05) is 17.3 Å². The molecule has 0 aromatic carbocycles. The fourth-order valence-electron chi connectivity index (χ4n) is 1.80. The second kappa shape index (κ2) is 5.08. The minimum absolute atomic E-state index is 0.756. The van der Waals surface area contributed by atoms with Crippen LogP contribution < -0.4 is 0 Å². The Kier molecular flexibility index (Phi) is 3.29. The zero-order chi connectivity index (χ0) is 13.2. The molecule has 0 fully saturated rings. The molecule has 0 saturated heterocycles. The van der Waals surface area contributed by atoms with Crippen LogP contribution in [0.4, 0.5) is 0 Å². The molecule has 0 atom stereocenters. The monoisotopic (exact) mass is 286 g/mol. The van der Waals surface area contributed by atoms with Crippen LogP contribution in [0.3, 0.4) is 0 Å². The SMILES string of the molecule is CCc1cc(C#Cc2cn3ccccc3n2)c(Cl)s1. The Morgan fingerprint density at radius 3 is 3.00 bits per heavy atom. The number of hydrogen-bond acceptors (Lipinski definition) is 2. The predicted molar refractivity (Wildman–Crippen MR) is 79.9 cm³/mol. The molecule has 0 saturated carbocycles. The number of fused-ring (bicyclic) bond motifs is 1. The van der Waals surface area contributed by atoms with Gasteiger partial charge < -0.3 is 4.40 Å². The number of aryl methyl sites for hydroxylation is 1. The number of thiophene rings is 1. The van der Waals surface area contributed by atoms with Gasteiger partial charge in [-0.15, -0.1) is 11.3 Å². The van der Waals surface area contributed by atoms with Crippen LogP contribution in [0.15, 0.2) is 36.7 Å². The van der Waals surface area contributed by atoms with Crippen LogP contribution in [-0.4, -0.2) is 9.38 Å². The van der Waals surface area contributed by atoms with Crippen molar-refractivity contribution in [2.45, 2.75) is 13.3 Å². The first-order valence-electron chi connectivity index (χ1n) is 6.00. The second-order valence-electron chi connectivity index (χ2n) is 4.10. The van der Waals surface area contributed by atoms with Crippen LogP contribution in [0.1, 0.15) is 23.1 Å². The Bertz CT molecular complexity index is 756. The van der Waals surface area contributed by atoms with Crippen LogP contribution in [0.25, 0.3) is 5.65 Å². The second-order valence-corrected chi connectivity index (χ2v) is 5.83. The van der Waals surface area contributed by atoms with Gasteiger partial charge in [-0.25, -0.2) is 4.98 Å². The summed E-state index contributed by atoms with van der Waals surface area (Å²) < 4.78 is 2.71. The highest BCUT2D eigenvalue weighted by Crippen LogP contribution is 2.27. The maximum absolute atomic E-state index is 6.16. The van der Waals surface area contributed by atoms with Crippen molar-refractivity contribution in [2.75, 3.05) is 0 Å². The maximum Gasteiger partial charge on any atom is 0.138 e. The van der Waals surface area contributed by atoms with E-state index in [0.717, 1.165) is 27.7 Å². The molecule has 3 aromatic rings. The van der Waals surface area contributed by atoms with Crippen LogP contribution in [-0.2, 0) is 6.42 Å². The summed E-state index contributed by atoms with van der Waals surface area (Å²) in [6, 6.07) is 7.94. The molecule has 0 amide bonds. The Balaban J connectivity index is 1.96. The fraction of sp³-hybridized carbons (Fsp3) is 0.133. The fourth-order valence-corrected chi connectivity index (χ4v) is 2.97. The molecule has 3 aromatic heterocycles. The summed E-state index contributed by atoms with van der Waals surface area (Å²) >= 11 is 7.75. The summed E-state index contributed by atoms with van der Waals surface area (Å²) in [5.41, 5.74) is 2.55. The molecule has 2 nitrogen and oxygen atoms in total. The van der Waals surface area contributed by atoms with Gasteiger partial charge in [0.25, 0.3) is 0 Å². The highest BCUT2D eigenvalue weighted by Gasteiger charge is 2.03. The third kappa shape index (κ3) is 2.51. The molecule has 94 valence electrons. The van der Waals surface area contributed by atoms with Gasteiger partial charge in [-0.1, -0.05) is 30.5 Å². The standard InChI is InChI=1S/C15H11ClN2S/c1-2-13-9-11(15(16)19-13)6-7-12-10-18-8-4-3-5-14(18)17-12/h3-5,8-10H,2H2,1H3. The van der Waals surface area contributed by atoms with E-state index in [-0.39, 0.29) is 0 Å². The van der Waals surface area contributed by atoms with Crippen LogP contribution in [0.2, 0.25) is 4.34 Å². The molecule has 0 bridgehead atoms. The molecule has 3 heterocycles. The Labute approximate surface area is 120 Å². The third-order valence-corrected chi connectivity index (χ3v) is 4.28. The summed E-state index contributed by atoms with van der Waals surface area (Å²) in [6.07, 6.45) is 4.87. The van der Waals surface area contributed by atoms with E-state index in [0.29, 0.717) is 0 Å². The molecule has 0 N–H and O–H groups in total. The Morgan fingerprint density at radius 2 is 2.26 bits per heavy atom. The largest absolute Gasteiger partial charge is 0.306 e. The Morgan fingerprint density at radius 1 is 1.37 bits per heavy atom. The molecule has 0 aliphatic rings. The van der Waals surface area contributed by atoms with Gasteiger partial charge >= 0.3 is 0 Å². The van der Waals surface area contributed by atoms with Gasteiger partial charge in [0.05, 0.1) is 5.56 Å². The van der Waals surface area contributed by atoms with Crippen molar-refractivity contribution in [3.8, 4) is 11.8 Å². The van der Waals surface area contributed by atoms with E-state index in [1.165, 1.54) is 4.88 Å². The average molecular weight is 287 g/mol. The zero-order valence-electron chi connectivity index (χ0n) is 10.4. The lowest BCUT2D eigenvalue weighted by Gasteiger charge is -1.86. The van der Waals surface area contributed by atoms with Gasteiger partial charge in [0.15, 0.2) is 0 Å². The summed E-state index contributed by atoms with van der Waals surface area (Å²) in [7, 11) is 0. The molecule has 4 heteroatoms. The average Bonchev–Trinajstić information content (AvgIpc) is 2.99. The summed E-state index contributed by atoms with van der Waals surface area (Å²) in [5, 5.41) is 0. The normalized spacial score (nSPS) is 10.4. The van der Waals surface area contributed by atoms with Crippen molar-refractivity contribution in [3.63, 3.8) is 0 Å². The van der Waals surface area contributed by atoms with Gasteiger partial charge in [0.2, 0.25) is 0 Å². The molecule has 0 aliphatic heterocycles. The maximum atomic E-state index is 6.16. The first-order chi connectivity index (χ1) is 9.26. The lowest BCUT2D eigenvalue weighted by Crippen LogP contribution is -1.77. The van der Waals surface area contributed by atoms with E-state index in [1.807, 2.05) is 35.0 Å². The molecule has 3 rings (SSSR count). The number of halogens is 1. The zero-order valence-corrected chi connectivity index (χ0v) is 11.9. The number of imidazole rings is 1. The molecule has 0 unspecified atom stereocenters. The summed E-state index contributed by atoms with van der Waals surface area (Å²) in [5.74, 6) is 6.17. The van der Waals surface area contributed by atoms with Crippen molar-refractivity contribution in [3.05, 3.63) is 57.1 Å². The summed E-state index contributed by atoms with van der Waals surface area (Å²) in [6.45, 7) is 2.11. The Hall–Kier alpha value is -1.76. The van der Waals surface area contributed by atoms with Crippen molar-refractivity contribution in [2.24, 2.45) is 0 Å². The van der Waals surface area contributed by atoms with Crippen LogP contribution in [0, 0.1) is 11.8 Å². The number of rotatable bonds is 1. The van der Waals surface area contributed by atoms with E-state index in [1.54, 1.807) is 11.3 Å². The van der Waals surface area contributed by atoms with E-state index < -0.39 is 0 Å². The van der Waals surface area contributed by atoms with Crippen LogP contribution in [0.5, 0.6) is 0 Å². The smallest absolute Gasteiger partial charge is 0.138 e. The van der Waals surface area contributed by atoms with Crippen molar-refractivity contribution in [1.82, 2.24) is 9.38 Å². The van der Waals surface area contributed by atoms with E-state index in [4.69, 9.17) is 11.6 Å². The first-order valence-corrected chi connectivity index (χ1v) is 7.19. The third-order valence-electron chi connectivity index (χ3n) is 2.78. The molecular weight excluding hydrogens is 276 g/mol. The number of nitrogens with zero attached hydrogens (tertiary/aromatic N) is 2. The highest BCUT2D eigenvalue weighted by atomic mass is 35.5. The van der Waals surface area contributed by atoms with Gasteiger partial charge in [-0.05, 0) is 30.5 Å². The highest BCUT2D eigenvalue weighted by molar-refractivity contribution is 7.16. The number of aromatic nitrogens is 2. The van der Waals surface area contributed by atoms with Gasteiger partial charge in [0.1, 0.15) is 15.7 Å². The van der Waals surface area contributed by atoms with Crippen LogP contribution >= 0.6 is 22.9 Å². The minimum Gasteiger partial charge on any atom is -0.306 e. The van der Waals surface area contributed by atoms with Crippen molar-refractivity contribution < 1.29 is 0 Å². The van der Waals surface area contributed by atoms with E-state index in [2.05, 4.69) is 29.8 Å². The first kappa shape index (κ1) is 12.3. The van der Waals surface area contributed by atoms with E-state index >= 15 is 0 Å². The summed E-state index contributed by atoms with van der Waals surface area (Å²) in [4.78, 5) is 5.69. The molecule has 0 spiro atoms.